The summed E-state index contributed by atoms with van der Waals surface area (Å²) in [5.74, 6) is 0. The van der Waals surface area contributed by atoms with Gasteiger partial charge in [0.1, 0.15) is 5.72 Å². The number of benzene rings is 1. The van der Waals surface area contributed by atoms with Crippen molar-refractivity contribution in [3.63, 3.8) is 0 Å². The summed E-state index contributed by atoms with van der Waals surface area (Å²) in [7, 11) is 0. The molecule has 0 spiro atoms. The van der Waals surface area contributed by atoms with Gasteiger partial charge in [0.05, 0.1) is 0 Å². The van der Waals surface area contributed by atoms with Crippen molar-refractivity contribution in [2.75, 3.05) is 5.73 Å². The number of aliphatic hydroxyl groups is 1. The summed E-state index contributed by atoms with van der Waals surface area (Å²) in [6.45, 7) is 0. The fraction of sp³-hybridized carbons (Fsp3) is 0.200. The number of nitrogens with two attached hydrogens (primary N) is 2. The van der Waals surface area contributed by atoms with Crippen LogP contribution in [0.3, 0.4) is 0 Å². The Bertz CT molecular complexity index is 369. The maximum atomic E-state index is 9.82. The molecule has 1 aromatic rings. The molecule has 0 bridgehead atoms. The van der Waals surface area contributed by atoms with Crippen LogP contribution in [-0.2, 0) is 5.72 Å². The highest BCUT2D eigenvalue weighted by molar-refractivity contribution is 5.70. The molecule has 1 aliphatic carbocycles. The zero-order chi connectivity index (χ0) is 9.47. The van der Waals surface area contributed by atoms with Gasteiger partial charge in [-0.15, -0.1) is 0 Å². The molecule has 0 radical (unpaired) electrons. The van der Waals surface area contributed by atoms with Crippen molar-refractivity contribution < 1.29 is 5.11 Å². The highest BCUT2D eigenvalue weighted by Gasteiger charge is 2.27. The summed E-state index contributed by atoms with van der Waals surface area (Å²) in [6, 6.07) is 5.39. The standard InChI is InChI=1S/C10H12N2O/c11-9-5-1-4-8-7(9)3-2-6-10(8,12)13/h1-5,13H,6,11-12H2. The second-order valence-electron chi connectivity index (χ2n) is 3.34. The lowest BCUT2D eigenvalue weighted by Crippen LogP contribution is -2.37. The number of anilines is 1. The van der Waals surface area contributed by atoms with Crippen LogP contribution < -0.4 is 11.5 Å². The summed E-state index contributed by atoms with van der Waals surface area (Å²) < 4.78 is 0. The molecule has 1 aliphatic rings. The van der Waals surface area contributed by atoms with Crippen molar-refractivity contribution in [1.29, 1.82) is 0 Å². The fourth-order valence-electron chi connectivity index (χ4n) is 1.61. The van der Waals surface area contributed by atoms with Crippen molar-refractivity contribution in [3.05, 3.63) is 35.4 Å². The molecule has 1 aromatic carbocycles. The average molecular weight is 176 g/mol. The summed E-state index contributed by atoms with van der Waals surface area (Å²) >= 11 is 0. The van der Waals surface area contributed by atoms with Gasteiger partial charge in [0, 0.05) is 23.2 Å². The molecule has 0 aromatic heterocycles. The quantitative estimate of drug-likeness (QED) is 0.404. The van der Waals surface area contributed by atoms with Gasteiger partial charge in [-0.1, -0.05) is 24.3 Å². The molecule has 13 heavy (non-hydrogen) atoms. The van der Waals surface area contributed by atoms with E-state index in [1.165, 1.54) is 0 Å². The maximum Gasteiger partial charge on any atom is 0.143 e. The maximum absolute atomic E-state index is 9.82. The molecule has 0 fully saturated rings. The third kappa shape index (κ3) is 1.22. The second kappa shape index (κ2) is 2.58. The van der Waals surface area contributed by atoms with Crippen LogP contribution in [0, 0.1) is 0 Å². The molecule has 0 amide bonds. The SMILES string of the molecule is Nc1cccc2c1C=CCC2(N)O. The molecular weight excluding hydrogens is 164 g/mol. The summed E-state index contributed by atoms with van der Waals surface area (Å²) in [6.07, 6.45) is 4.16. The third-order valence-electron chi connectivity index (χ3n) is 2.32. The largest absolute Gasteiger partial charge is 0.398 e. The van der Waals surface area contributed by atoms with Gasteiger partial charge in [-0.05, 0) is 6.07 Å². The van der Waals surface area contributed by atoms with Crippen molar-refractivity contribution in [3.8, 4) is 0 Å². The lowest BCUT2D eigenvalue weighted by atomic mass is 9.89. The first-order chi connectivity index (χ1) is 6.11. The zero-order valence-corrected chi connectivity index (χ0v) is 7.20. The van der Waals surface area contributed by atoms with Crippen LogP contribution in [0.1, 0.15) is 17.5 Å². The number of rotatable bonds is 0. The molecule has 0 saturated carbocycles. The Morgan fingerprint density at radius 1 is 1.38 bits per heavy atom. The van der Waals surface area contributed by atoms with Gasteiger partial charge in [0.25, 0.3) is 0 Å². The van der Waals surface area contributed by atoms with Crippen molar-refractivity contribution in [2.24, 2.45) is 5.73 Å². The number of hydrogen-bond donors (Lipinski definition) is 3. The Labute approximate surface area is 76.7 Å². The zero-order valence-electron chi connectivity index (χ0n) is 7.20. The molecule has 3 heteroatoms. The first kappa shape index (κ1) is 8.29. The predicted molar refractivity (Wildman–Crippen MR) is 52.6 cm³/mol. The molecule has 2 rings (SSSR count). The number of fused-ring (bicyclic) bond motifs is 1. The third-order valence-corrected chi connectivity index (χ3v) is 2.32. The summed E-state index contributed by atoms with van der Waals surface area (Å²) in [5, 5.41) is 9.82. The molecule has 1 atom stereocenters. The molecule has 0 heterocycles. The van der Waals surface area contributed by atoms with E-state index in [0.717, 1.165) is 5.56 Å². The highest BCUT2D eigenvalue weighted by atomic mass is 16.3. The summed E-state index contributed by atoms with van der Waals surface area (Å²) in [4.78, 5) is 0. The minimum absolute atomic E-state index is 0.434. The molecule has 0 saturated heterocycles. The molecule has 68 valence electrons. The van der Waals surface area contributed by atoms with E-state index in [-0.39, 0.29) is 0 Å². The van der Waals surface area contributed by atoms with Crippen LogP contribution >= 0.6 is 0 Å². The Morgan fingerprint density at radius 3 is 2.85 bits per heavy atom. The first-order valence-corrected chi connectivity index (χ1v) is 4.18. The van der Waals surface area contributed by atoms with E-state index in [1.807, 2.05) is 12.2 Å². The summed E-state index contributed by atoms with van der Waals surface area (Å²) in [5.41, 5.74) is 12.4. The van der Waals surface area contributed by atoms with Crippen molar-refractivity contribution in [2.45, 2.75) is 12.1 Å². The van der Waals surface area contributed by atoms with E-state index in [9.17, 15) is 5.11 Å². The van der Waals surface area contributed by atoms with E-state index in [0.29, 0.717) is 17.7 Å². The van der Waals surface area contributed by atoms with Gasteiger partial charge >= 0.3 is 0 Å². The molecule has 5 N–H and O–H groups in total. The van der Waals surface area contributed by atoms with Crippen LogP contribution in [0.15, 0.2) is 24.3 Å². The molecule has 1 unspecified atom stereocenters. The van der Waals surface area contributed by atoms with Crippen LogP contribution in [0.2, 0.25) is 0 Å². The van der Waals surface area contributed by atoms with E-state index in [1.54, 1.807) is 18.2 Å². The Hall–Kier alpha value is -1.32. The molecule has 0 aliphatic heterocycles. The van der Waals surface area contributed by atoms with Gasteiger partial charge in [-0.2, -0.15) is 0 Å². The average Bonchev–Trinajstić information content (AvgIpc) is 2.06. The molecular formula is C10H12N2O. The van der Waals surface area contributed by atoms with E-state index < -0.39 is 5.72 Å². The van der Waals surface area contributed by atoms with Crippen LogP contribution in [-0.4, -0.2) is 5.11 Å². The van der Waals surface area contributed by atoms with E-state index in [4.69, 9.17) is 11.5 Å². The Morgan fingerprint density at radius 2 is 2.15 bits per heavy atom. The predicted octanol–water partition coefficient (Wildman–Crippen LogP) is 0.790. The van der Waals surface area contributed by atoms with E-state index in [2.05, 4.69) is 0 Å². The van der Waals surface area contributed by atoms with Gasteiger partial charge in [-0.3, -0.25) is 5.73 Å². The van der Waals surface area contributed by atoms with Gasteiger partial charge in [0.15, 0.2) is 0 Å². The normalized spacial score (nSPS) is 25.7. The smallest absolute Gasteiger partial charge is 0.143 e. The Balaban J connectivity index is 2.67. The van der Waals surface area contributed by atoms with E-state index >= 15 is 0 Å². The van der Waals surface area contributed by atoms with Gasteiger partial charge in [0.2, 0.25) is 0 Å². The monoisotopic (exact) mass is 176 g/mol. The lowest BCUT2D eigenvalue weighted by Gasteiger charge is -2.27. The minimum Gasteiger partial charge on any atom is -0.398 e. The van der Waals surface area contributed by atoms with Gasteiger partial charge in [-0.25, -0.2) is 0 Å². The fourth-order valence-corrected chi connectivity index (χ4v) is 1.61. The lowest BCUT2D eigenvalue weighted by molar-refractivity contribution is 0.0456. The van der Waals surface area contributed by atoms with Crippen LogP contribution in [0.5, 0.6) is 0 Å². The highest BCUT2D eigenvalue weighted by Crippen LogP contribution is 2.32. The molecule has 3 nitrogen and oxygen atoms in total. The van der Waals surface area contributed by atoms with Gasteiger partial charge < -0.3 is 10.8 Å². The Kier molecular flexibility index (Phi) is 1.65. The number of nitrogen functional groups attached to an aromatic ring is 1. The number of hydrogen-bond acceptors (Lipinski definition) is 3. The first-order valence-electron chi connectivity index (χ1n) is 4.18. The second-order valence-corrected chi connectivity index (χ2v) is 3.34. The van der Waals surface area contributed by atoms with Crippen LogP contribution in [0.25, 0.3) is 6.08 Å². The van der Waals surface area contributed by atoms with Crippen LogP contribution in [0.4, 0.5) is 5.69 Å². The van der Waals surface area contributed by atoms with Crippen molar-refractivity contribution >= 4 is 11.8 Å². The topological polar surface area (TPSA) is 72.3 Å². The minimum atomic E-state index is -1.26. The van der Waals surface area contributed by atoms with Crippen molar-refractivity contribution in [1.82, 2.24) is 0 Å².